The Labute approximate surface area is 348 Å². The van der Waals surface area contributed by atoms with Gasteiger partial charge in [0.05, 0.1) is 5.69 Å². The van der Waals surface area contributed by atoms with E-state index >= 15 is 0 Å². The molecule has 2 aromatic heterocycles. The lowest BCUT2D eigenvalue weighted by Gasteiger charge is -2.30. The lowest BCUT2D eigenvalue weighted by Crippen LogP contribution is -2.16. The number of rotatable bonds is 6. The summed E-state index contributed by atoms with van der Waals surface area (Å²) >= 11 is 0. The quantitative estimate of drug-likeness (QED) is 0.169. The van der Waals surface area contributed by atoms with Gasteiger partial charge in [-0.15, -0.1) is 0 Å². The number of nitrogens with zero attached hydrogens (tertiary/aromatic N) is 1. The molecule has 1 aliphatic carbocycles. The second-order valence-electron chi connectivity index (χ2n) is 16.4. The van der Waals surface area contributed by atoms with Crippen molar-refractivity contribution in [1.29, 1.82) is 0 Å². The van der Waals surface area contributed by atoms with Gasteiger partial charge in [0.1, 0.15) is 22.3 Å². The lowest BCUT2D eigenvalue weighted by molar-refractivity contribution is 0.660. The van der Waals surface area contributed by atoms with Crippen LogP contribution in [-0.2, 0) is 5.41 Å². The first-order chi connectivity index (χ1) is 29.5. The zero-order valence-corrected chi connectivity index (χ0v) is 33.3. The average Bonchev–Trinajstić information content (AvgIpc) is 3.93. The average molecular weight is 770 g/mol. The fourth-order valence-corrected chi connectivity index (χ4v) is 9.77. The molecule has 1 aliphatic rings. The third-order valence-corrected chi connectivity index (χ3v) is 12.7. The first kappa shape index (κ1) is 34.4. The van der Waals surface area contributed by atoms with Crippen LogP contribution in [-0.4, -0.2) is 0 Å². The molecule has 0 amide bonds. The first-order valence-electron chi connectivity index (χ1n) is 20.7. The molecule has 60 heavy (non-hydrogen) atoms. The summed E-state index contributed by atoms with van der Waals surface area (Å²) < 4.78 is 13.3. The van der Waals surface area contributed by atoms with Crippen molar-refractivity contribution >= 4 is 60.9 Å². The molecule has 3 heteroatoms. The summed E-state index contributed by atoms with van der Waals surface area (Å²) in [5, 5.41) is 4.28. The third-order valence-electron chi connectivity index (χ3n) is 12.7. The molecule has 0 radical (unpaired) electrons. The summed E-state index contributed by atoms with van der Waals surface area (Å²) in [5.74, 6) is 0. The van der Waals surface area contributed by atoms with Gasteiger partial charge in [-0.2, -0.15) is 0 Å². The van der Waals surface area contributed by atoms with Crippen molar-refractivity contribution in [2.45, 2.75) is 19.3 Å². The number of hydrogen-bond acceptors (Lipinski definition) is 3. The van der Waals surface area contributed by atoms with E-state index < -0.39 is 0 Å². The number of benzene rings is 9. The second-order valence-corrected chi connectivity index (χ2v) is 16.4. The van der Waals surface area contributed by atoms with E-state index in [2.05, 4.69) is 207 Å². The fraction of sp³-hybridized carbons (Fsp3) is 0.0526. The van der Waals surface area contributed by atoms with E-state index in [1.807, 2.05) is 12.1 Å². The molecule has 11 aromatic rings. The molecule has 9 aromatic carbocycles. The van der Waals surface area contributed by atoms with Crippen LogP contribution in [0.2, 0.25) is 0 Å². The van der Waals surface area contributed by atoms with Gasteiger partial charge in [-0.05, 0) is 99.1 Å². The highest BCUT2D eigenvalue weighted by molar-refractivity contribution is 6.23. The number of furan rings is 2. The Bertz CT molecular complexity index is 3450. The van der Waals surface area contributed by atoms with E-state index in [-0.39, 0.29) is 5.41 Å². The molecule has 0 atom stereocenters. The van der Waals surface area contributed by atoms with Gasteiger partial charge in [0.15, 0.2) is 0 Å². The minimum atomic E-state index is -0.120. The molecule has 0 N–H and O–H groups in total. The Hall–Kier alpha value is -7.62. The summed E-state index contributed by atoms with van der Waals surface area (Å²) in [4.78, 5) is 2.42. The van der Waals surface area contributed by atoms with Crippen molar-refractivity contribution in [2.24, 2.45) is 0 Å². The molecule has 0 saturated heterocycles. The van der Waals surface area contributed by atoms with E-state index in [0.717, 1.165) is 83.2 Å². The molecule has 12 rings (SSSR count). The maximum Gasteiger partial charge on any atom is 0.144 e. The van der Waals surface area contributed by atoms with Crippen LogP contribution in [0.3, 0.4) is 0 Å². The summed E-state index contributed by atoms with van der Waals surface area (Å²) in [5.41, 5.74) is 18.8. The van der Waals surface area contributed by atoms with Crippen LogP contribution in [0.4, 0.5) is 17.1 Å². The molecule has 3 nitrogen and oxygen atoms in total. The zero-order chi connectivity index (χ0) is 40.0. The van der Waals surface area contributed by atoms with Gasteiger partial charge in [-0.1, -0.05) is 159 Å². The minimum Gasteiger partial charge on any atom is -0.456 e. The van der Waals surface area contributed by atoms with Gasteiger partial charge in [-0.25, -0.2) is 0 Å². The van der Waals surface area contributed by atoms with Crippen LogP contribution < -0.4 is 4.90 Å². The number of hydrogen-bond donors (Lipinski definition) is 0. The number of fused-ring (bicyclic) bond motifs is 9. The topological polar surface area (TPSA) is 29.5 Å². The molecule has 2 heterocycles. The van der Waals surface area contributed by atoms with E-state index in [1.165, 1.54) is 33.4 Å². The molecular weight excluding hydrogens is 731 g/mol. The van der Waals surface area contributed by atoms with Crippen LogP contribution >= 0.6 is 0 Å². The summed E-state index contributed by atoms with van der Waals surface area (Å²) in [6, 6.07) is 71.8. The Morgan fingerprint density at radius 2 is 1.03 bits per heavy atom. The number of anilines is 3. The minimum absolute atomic E-state index is 0.120. The maximum atomic E-state index is 6.89. The van der Waals surface area contributed by atoms with Crippen molar-refractivity contribution in [3.63, 3.8) is 0 Å². The standard InChI is InChI=1S/C57H39NO2/c1-57(2)48-22-12-9-20-43(48)44-32-30-41(34-49(44)57)58(50-23-13-10-19-42(50)37-15-5-3-6-16-37)40-28-25-36(26-29-40)39-27-31-45-47-35-53-55(46-21-11-14-24-51(46)59-53)54(38-17-7-4-8-18-38)56(47)60-52(45)33-39/h3-35H,1-2H3. The van der Waals surface area contributed by atoms with E-state index in [0.29, 0.717) is 0 Å². The van der Waals surface area contributed by atoms with Crippen molar-refractivity contribution in [3.05, 3.63) is 211 Å². The van der Waals surface area contributed by atoms with Crippen LogP contribution in [0, 0.1) is 0 Å². The molecule has 0 unspecified atom stereocenters. The Morgan fingerprint density at radius 3 is 1.85 bits per heavy atom. The summed E-state index contributed by atoms with van der Waals surface area (Å²) in [6.07, 6.45) is 0. The highest BCUT2D eigenvalue weighted by Gasteiger charge is 2.36. The van der Waals surface area contributed by atoms with Gasteiger partial charge >= 0.3 is 0 Å². The number of para-hydroxylation sites is 2. The molecule has 0 bridgehead atoms. The van der Waals surface area contributed by atoms with Crippen LogP contribution in [0.5, 0.6) is 0 Å². The summed E-state index contributed by atoms with van der Waals surface area (Å²) in [6.45, 7) is 4.69. The van der Waals surface area contributed by atoms with Crippen LogP contribution in [0.15, 0.2) is 209 Å². The Kier molecular flexibility index (Phi) is 7.58. The van der Waals surface area contributed by atoms with E-state index in [4.69, 9.17) is 8.83 Å². The molecule has 0 aliphatic heterocycles. The zero-order valence-electron chi connectivity index (χ0n) is 33.3. The van der Waals surface area contributed by atoms with Crippen molar-refractivity contribution in [2.75, 3.05) is 4.90 Å². The van der Waals surface area contributed by atoms with Crippen LogP contribution in [0.25, 0.3) is 88.4 Å². The highest BCUT2D eigenvalue weighted by Crippen LogP contribution is 2.52. The predicted molar refractivity (Wildman–Crippen MR) is 250 cm³/mol. The molecule has 0 fully saturated rings. The predicted octanol–water partition coefficient (Wildman–Crippen LogP) is 16.3. The van der Waals surface area contributed by atoms with Gasteiger partial charge in [0.25, 0.3) is 0 Å². The smallest absolute Gasteiger partial charge is 0.144 e. The van der Waals surface area contributed by atoms with Gasteiger partial charge < -0.3 is 13.7 Å². The van der Waals surface area contributed by atoms with E-state index in [1.54, 1.807) is 0 Å². The molecule has 0 spiro atoms. The maximum absolute atomic E-state index is 6.89. The first-order valence-corrected chi connectivity index (χ1v) is 20.7. The normalized spacial score (nSPS) is 13.0. The SMILES string of the molecule is CC1(C)c2ccccc2-c2ccc(N(c3ccc(-c4ccc5c(c4)oc4c(-c6ccccc6)c6c(cc45)oc4ccccc46)cc3)c3ccccc3-c3ccccc3)cc21. The van der Waals surface area contributed by atoms with Crippen molar-refractivity contribution in [1.82, 2.24) is 0 Å². The molecule has 0 saturated carbocycles. The Balaban J connectivity index is 0.989. The van der Waals surface area contributed by atoms with Crippen molar-refractivity contribution in [3.8, 4) is 44.5 Å². The second kappa shape index (κ2) is 13.2. The van der Waals surface area contributed by atoms with Crippen LogP contribution in [0.1, 0.15) is 25.0 Å². The van der Waals surface area contributed by atoms with E-state index in [9.17, 15) is 0 Å². The lowest BCUT2D eigenvalue weighted by atomic mass is 9.82. The van der Waals surface area contributed by atoms with Gasteiger partial charge in [0.2, 0.25) is 0 Å². The van der Waals surface area contributed by atoms with Gasteiger partial charge in [0, 0.05) is 49.5 Å². The van der Waals surface area contributed by atoms with Gasteiger partial charge in [-0.3, -0.25) is 0 Å². The molecule has 284 valence electrons. The highest BCUT2D eigenvalue weighted by atomic mass is 16.3. The Morgan fingerprint density at radius 1 is 0.383 bits per heavy atom. The summed E-state index contributed by atoms with van der Waals surface area (Å²) in [7, 11) is 0. The fourth-order valence-electron chi connectivity index (χ4n) is 9.77. The largest absolute Gasteiger partial charge is 0.456 e. The molecular formula is C57H39NO2. The monoisotopic (exact) mass is 769 g/mol. The third kappa shape index (κ3) is 5.22. The van der Waals surface area contributed by atoms with Crippen molar-refractivity contribution < 1.29 is 8.83 Å².